The van der Waals surface area contributed by atoms with Gasteiger partial charge in [0.1, 0.15) is 0 Å². The lowest BCUT2D eigenvalue weighted by molar-refractivity contribution is 0.363. The van der Waals surface area contributed by atoms with Crippen molar-refractivity contribution in [1.29, 1.82) is 0 Å². The standard InChI is InChI=1S/C15H21N3O/c1-4-12-6-8-13(9-7-12)15-17-14(19-18-15)10-11(3)16-5-2/h6-9,11,16H,4-5,10H2,1-3H3. The second kappa shape index (κ2) is 6.48. The summed E-state index contributed by atoms with van der Waals surface area (Å²) >= 11 is 0. The van der Waals surface area contributed by atoms with Crippen molar-refractivity contribution in [3.05, 3.63) is 35.7 Å². The maximum atomic E-state index is 5.29. The zero-order valence-corrected chi connectivity index (χ0v) is 11.8. The van der Waals surface area contributed by atoms with Gasteiger partial charge in [0, 0.05) is 18.0 Å². The van der Waals surface area contributed by atoms with E-state index in [1.54, 1.807) is 0 Å². The van der Waals surface area contributed by atoms with E-state index in [0.717, 1.165) is 24.9 Å². The van der Waals surface area contributed by atoms with Gasteiger partial charge in [0.2, 0.25) is 11.7 Å². The fourth-order valence-corrected chi connectivity index (χ4v) is 2.03. The van der Waals surface area contributed by atoms with Gasteiger partial charge in [-0.15, -0.1) is 0 Å². The molecule has 1 heterocycles. The molecule has 0 spiro atoms. The topological polar surface area (TPSA) is 51.0 Å². The van der Waals surface area contributed by atoms with Crippen LogP contribution in [0.5, 0.6) is 0 Å². The molecule has 0 saturated heterocycles. The molecule has 0 aliphatic rings. The van der Waals surface area contributed by atoms with E-state index in [9.17, 15) is 0 Å². The van der Waals surface area contributed by atoms with E-state index in [4.69, 9.17) is 4.52 Å². The molecule has 1 unspecified atom stereocenters. The van der Waals surface area contributed by atoms with Crippen LogP contribution < -0.4 is 5.32 Å². The average Bonchev–Trinajstić information content (AvgIpc) is 2.87. The van der Waals surface area contributed by atoms with E-state index < -0.39 is 0 Å². The second-order valence-electron chi connectivity index (χ2n) is 4.73. The zero-order valence-electron chi connectivity index (χ0n) is 11.8. The number of benzene rings is 1. The van der Waals surface area contributed by atoms with Crippen LogP contribution in [0.1, 0.15) is 32.2 Å². The van der Waals surface area contributed by atoms with E-state index in [2.05, 4.69) is 48.4 Å². The summed E-state index contributed by atoms with van der Waals surface area (Å²) in [6.45, 7) is 7.29. The molecule has 0 radical (unpaired) electrons. The Labute approximate surface area is 114 Å². The van der Waals surface area contributed by atoms with Gasteiger partial charge in [-0.25, -0.2) is 0 Å². The molecule has 1 aromatic carbocycles. The summed E-state index contributed by atoms with van der Waals surface area (Å²) in [6.07, 6.45) is 1.80. The lowest BCUT2D eigenvalue weighted by atomic mass is 10.1. The van der Waals surface area contributed by atoms with Gasteiger partial charge in [0.25, 0.3) is 0 Å². The molecular weight excluding hydrogens is 238 g/mol. The highest BCUT2D eigenvalue weighted by atomic mass is 16.5. The van der Waals surface area contributed by atoms with Crippen molar-refractivity contribution < 1.29 is 4.52 Å². The lowest BCUT2D eigenvalue weighted by Gasteiger charge is -2.07. The van der Waals surface area contributed by atoms with Crippen molar-refractivity contribution in [3.63, 3.8) is 0 Å². The first-order chi connectivity index (χ1) is 9.22. The molecule has 0 bridgehead atoms. The van der Waals surface area contributed by atoms with E-state index in [1.165, 1.54) is 5.56 Å². The second-order valence-corrected chi connectivity index (χ2v) is 4.73. The Kier molecular flexibility index (Phi) is 4.68. The average molecular weight is 259 g/mol. The number of nitrogens with zero attached hydrogens (tertiary/aromatic N) is 2. The number of likely N-dealkylation sites (N-methyl/N-ethyl adjacent to an activating group) is 1. The van der Waals surface area contributed by atoms with Crippen LogP contribution in [0.3, 0.4) is 0 Å². The summed E-state index contributed by atoms with van der Waals surface area (Å²) in [5.41, 5.74) is 2.32. The van der Waals surface area contributed by atoms with Crippen LogP contribution >= 0.6 is 0 Å². The molecule has 2 aromatic rings. The Morgan fingerprint density at radius 2 is 1.95 bits per heavy atom. The number of rotatable bonds is 6. The minimum Gasteiger partial charge on any atom is -0.339 e. The Balaban J connectivity index is 2.07. The Bertz CT molecular complexity index is 504. The minimum absolute atomic E-state index is 0.348. The zero-order chi connectivity index (χ0) is 13.7. The normalized spacial score (nSPS) is 12.6. The molecule has 4 heteroatoms. The van der Waals surface area contributed by atoms with Gasteiger partial charge in [-0.3, -0.25) is 0 Å². The van der Waals surface area contributed by atoms with Gasteiger partial charge in [-0.05, 0) is 25.5 Å². The minimum atomic E-state index is 0.348. The first-order valence-electron chi connectivity index (χ1n) is 6.88. The largest absolute Gasteiger partial charge is 0.339 e. The van der Waals surface area contributed by atoms with Crippen molar-refractivity contribution in [2.24, 2.45) is 0 Å². The summed E-state index contributed by atoms with van der Waals surface area (Å²) in [7, 11) is 0. The molecule has 1 aromatic heterocycles. The number of aromatic nitrogens is 2. The third kappa shape index (κ3) is 3.64. The molecule has 0 amide bonds. The van der Waals surface area contributed by atoms with Crippen molar-refractivity contribution >= 4 is 0 Å². The number of hydrogen-bond donors (Lipinski definition) is 1. The lowest BCUT2D eigenvalue weighted by Crippen LogP contribution is -2.27. The van der Waals surface area contributed by atoms with Crippen LogP contribution in [0.25, 0.3) is 11.4 Å². The first kappa shape index (κ1) is 13.7. The van der Waals surface area contributed by atoms with Crippen LogP contribution in [0, 0.1) is 0 Å². The molecule has 4 nitrogen and oxygen atoms in total. The first-order valence-corrected chi connectivity index (χ1v) is 6.88. The van der Waals surface area contributed by atoms with Crippen LogP contribution in [0.4, 0.5) is 0 Å². The predicted octanol–water partition coefficient (Wildman–Crippen LogP) is 2.84. The third-order valence-corrected chi connectivity index (χ3v) is 3.12. The Morgan fingerprint density at radius 1 is 1.21 bits per heavy atom. The maximum absolute atomic E-state index is 5.29. The fraction of sp³-hybridized carbons (Fsp3) is 0.467. The van der Waals surface area contributed by atoms with Crippen molar-refractivity contribution in [2.45, 2.75) is 39.7 Å². The SMILES string of the molecule is CCNC(C)Cc1nc(-c2ccc(CC)cc2)no1. The highest BCUT2D eigenvalue weighted by Gasteiger charge is 2.11. The highest BCUT2D eigenvalue weighted by Crippen LogP contribution is 2.17. The fourth-order valence-electron chi connectivity index (χ4n) is 2.03. The smallest absolute Gasteiger partial charge is 0.228 e. The van der Waals surface area contributed by atoms with E-state index in [0.29, 0.717) is 17.8 Å². The highest BCUT2D eigenvalue weighted by molar-refractivity contribution is 5.54. The van der Waals surface area contributed by atoms with Gasteiger partial charge in [0.05, 0.1) is 0 Å². The summed E-state index contributed by atoms with van der Waals surface area (Å²) in [5.74, 6) is 1.35. The Hall–Kier alpha value is -1.68. The maximum Gasteiger partial charge on any atom is 0.228 e. The molecule has 0 aliphatic carbocycles. The predicted molar refractivity (Wildman–Crippen MR) is 76.0 cm³/mol. The summed E-state index contributed by atoms with van der Waals surface area (Å²) in [4.78, 5) is 4.44. The summed E-state index contributed by atoms with van der Waals surface area (Å²) < 4.78 is 5.29. The van der Waals surface area contributed by atoms with Crippen molar-refractivity contribution in [3.8, 4) is 11.4 Å². The van der Waals surface area contributed by atoms with Gasteiger partial charge in [0.15, 0.2) is 0 Å². The van der Waals surface area contributed by atoms with E-state index >= 15 is 0 Å². The van der Waals surface area contributed by atoms with Crippen molar-refractivity contribution in [1.82, 2.24) is 15.5 Å². The number of nitrogens with one attached hydrogen (secondary N) is 1. The van der Waals surface area contributed by atoms with Crippen LogP contribution in [0.15, 0.2) is 28.8 Å². The third-order valence-electron chi connectivity index (χ3n) is 3.12. The molecule has 102 valence electrons. The molecule has 0 fully saturated rings. The quantitative estimate of drug-likeness (QED) is 0.866. The van der Waals surface area contributed by atoms with Gasteiger partial charge < -0.3 is 9.84 Å². The molecule has 0 aliphatic heterocycles. The molecule has 1 atom stereocenters. The number of aryl methyl sites for hydroxylation is 1. The molecule has 2 rings (SSSR count). The van der Waals surface area contributed by atoms with Crippen LogP contribution in [-0.2, 0) is 12.8 Å². The van der Waals surface area contributed by atoms with Crippen LogP contribution in [0.2, 0.25) is 0 Å². The molecule has 0 saturated carbocycles. The molecule has 19 heavy (non-hydrogen) atoms. The van der Waals surface area contributed by atoms with Gasteiger partial charge in [-0.1, -0.05) is 43.3 Å². The van der Waals surface area contributed by atoms with E-state index in [1.807, 2.05) is 12.1 Å². The van der Waals surface area contributed by atoms with Gasteiger partial charge >= 0.3 is 0 Å². The Morgan fingerprint density at radius 3 is 2.58 bits per heavy atom. The molecule has 1 N–H and O–H groups in total. The molecular formula is C15H21N3O. The van der Waals surface area contributed by atoms with Crippen LogP contribution in [-0.4, -0.2) is 22.7 Å². The number of hydrogen-bond acceptors (Lipinski definition) is 4. The van der Waals surface area contributed by atoms with Gasteiger partial charge in [-0.2, -0.15) is 4.98 Å². The van der Waals surface area contributed by atoms with Crippen molar-refractivity contribution in [2.75, 3.05) is 6.54 Å². The van der Waals surface area contributed by atoms with E-state index in [-0.39, 0.29) is 0 Å². The summed E-state index contributed by atoms with van der Waals surface area (Å²) in [5, 5.41) is 7.37. The monoisotopic (exact) mass is 259 g/mol. The summed E-state index contributed by atoms with van der Waals surface area (Å²) in [6, 6.07) is 8.64.